The molecule has 14 heavy (non-hydrogen) atoms. The van der Waals surface area contributed by atoms with Crippen molar-refractivity contribution in [2.24, 2.45) is 0 Å². The van der Waals surface area contributed by atoms with Gasteiger partial charge in [0.2, 0.25) is 12.3 Å². The van der Waals surface area contributed by atoms with Crippen LogP contribution < -0.4 is 10.6 Å². The Hall–Kier alpha value is -1.06. The minimum atomic E-state index is 0.0418. The molecule has 2 amide bonds. The van der Waals surface area contributed by atoms with E-state index in [9.17, 15) is 9.59 Å². The first kappa shape index (κ1) is 12.9. The van der Waals surface area contributed by atoms with Gasteiger partial charge >= 0.3 is 0 Å². The molecule has 0 aromatic heterocycles. The van der Waals surface area contributed by atoms with Crippen LogP contribution in [0.25, 0.3) is 0 Å². The van der Waals surface area contributed by atoms with E-state index in [1.807, 2.05) is 0 Å². The SMILES string of the molecule is CC(=O)NCCCCCCCNC=O. The van der Waals surface area contributed by atoms with Crippen molar-refractivity contribution in [1.29, 1.82) is 0 Å². The average Bonchev–Trinajstić information content (AvgIpc) is 2.15. The maximum atomic E-state index is 10.5. The third-order valence-electron chi connectivity index (χ3n) is 1.96. The Morgan fingerprint density at radius 1 is 1.07 bits per heavy atom. The molecule has 0 unspecified atom stereocenters. The van der Waals surface area contributed by atoms with Crippen molar-refractivity contribution < 1.29 is 9.59 Å². The molecule has 0 aliphatic rings. The fourth-order valence-corrected chi connectivity index (χ4v) is 1.21. The maximum absolute atomic E-state index is 10.5. The zero-order valence-electron chi connectivity index (χ0n) is 8.84. The Kier molecular flexibility index (Phi) is 9.26. The predicted molar refractivity (Wildman–Crippen MR) is 55.8 cm³/mol. The van der Waals surface area contributed by atoms with Crippen LogP contribution >= 0.6 is 0 Å². The highest BCUT2D eigenvalue weighted by Crippen LogP contribution is 2.01. The summed E-state index contributed by atoms with van der Waals surface area (Å²) in [6.45, 7) is 3.09. The van der Waals surface area contributed by atoms with Crippen molar-refractivity contribution in [3.05, 3.63) is 0 Å². The van der Waals surface area contributed by atoms with E-state index in [0.29, 0.717) is 0 Å². The van der Waals surface area contributed by atoms with Gasteiger partial charge in [-0.05, 0) is 12.8 Å². The van der Waals surface area contributed by atoms with Gasteiger partial charge in [0.25, 0.3) is 0 Å². The van der Waals surface area contributed by atoms with Gasteiger partial charge in [0.1, 0.15) is 0 Å². The first-order valence-corrected chi connectivity index (χ1v) is 5.19. The van der Waals surface area contributed by atoms with E-state index >= 15 is 0 Å². The molecule has 0 aliphatic carbocycles. The number of carbonyl (C=O) groups is 2. The lowest BCUT2D eigenvalue weighted by Gasteiger charge is -2.02. The number of carbonyl (C=O) groups excluding carboxylic acids is 2. The number of hydrogen-bond donors (Lipinski definition) is 2. The smallest absolute Gasteiger partial charge is 0.216 e. The highest BCUT2D eigenvalue weighted by atomic mass is 16.1. The molecule has 0 fully saturated rings. The molecule has 0 saturated heterocycles. The quantitative estimate of drug-likeness (QED) is 0.427. The molecule has 0 rings (SSSR count). The first-order chi connectivity index (χ1) is 6.77. The standard InChI is InChI=1S/C10H20N2O2/c1-10(14)12-8-6-4-2-3-5-7-11-9-13/h9H,2-8H2,1H3,(H,11,13)(H,12,14). The summed E-state index contributed by atoms with van der Waals surface area (Å²) in [5.41, 5.74) is 0. The zero-order chi connectivity index (χ0) is 10.6. The predicted octanol–water partition coefficient (Wildman–Crippen LogP) is 0.819. The van der Waals surface area contributed by atoms with Crippen LogP contribution in [0.4, 0.5) is 0 Å². The van der Waals surface area contributed by atoms with Crippen LogP contribution in [0.3, 0.4) is 0 Å². The first-order valence-electron chi connectivity index (χ1n) is 5.19. The summed E-state index contributed by atoms with van der Waals surface area (Å²) < 4.78 is 0. The van der Waals surface area contributed by atoms with Gasteiger partial charge in [-0.15, -0.1) is 0 Å². The van der Waals surface area contributed by atoms with E-state index < -0.39 is 0 Å². The Morgan fingerprint density at radius 2 is 1.64 bits per heavy atom. The van der Waals surface area contributed by atoms with Crippen molar-refractivity contribution >= 4 is 12.3 Å². The van der Waals surface area contributed by atoms with Crippen LogP contribution in [0.15, 0.2) is 0 Å². The van der Waals surface area contributed by atoms with Gasteiger partial charge in [0.15, 0.2) is 0 Å². The molecule has 0 saturated carbocycles. The third kappa shape index (κ3) is 10.9. The highest BCUT2D eigenvalue weighted by molar-refractivity contribution is 5.72. The molecule has 0 aromatic rings. The van der Waals surface area contributed by atoms with Crippen LogP contribution in [-0.2, 0) is 9.59 Å². The van der Waals surface area contributed by atoms with Crippen molar-refractivity contribution in [2.45, 2.75) is 39.0 Å². The largest absolute Gasteiger partial charge is 0.359 e. The Labute approximate surface area is 85.4 Å². The Morgan fingerprint density at radius 3 is 2.21 bits per heavy atom. The van der Waals surface area contributed by atoms with Crippen LogP contribution in [-0.4, -0.2) is 25.4 Å². The van der Waals surface area contributed by atoms with Crippen molar-refractivity contribution in [3.63, 3.8) is 0 Å². The van der Waals surface area contributed by atoms with Gasteiger partial charge < -0.3 is 10.6 Å². The monoisotopic (exact) mass is 200 g/mol. The Balaban J connectivity index is 2.92. The summed E-state index contributed by atoms with van der Waals surface area (Å²) in [4.78, 5) is 20.4. The molecular formula is C10H20N2O2. The molecule has 0 atom stereocenters. The molecule has 0 spiro atoms. The summed E-state index contributed by atoms with van der Waals surface area (Å²) in [5, 5.41) is 5.39. The third-order valence-corrected chi connectivity index (χ3v) is 1.96. The normalized spacial score (nSPS) is 9.50. The molecule has 0 radical (unpaired) electrons. The zero-order valence-corrected chi connectivity index (χ0v) is 8.84. The van der Waals surface area contributed by atoms with Gasteiger partial charge in [-0.1, -0.05) is 19.3 Å². The second kappa shape index (κ2) is 10.0. The van der Waals surface area contributed by atoms with Crippen LogP contribution in [0, 0.1) is 0 Å². The summed E-state index contributed by atoms with van der Waals surface area (Å²) in [6.07, 6.45) is 6.26. The molecule has 0 heterocycles. The van der Waals surface area contributed by atoms with Gasteiger partial charge in [-0.25, -0.2) is 0 Å². The maximum Gasteiger partial charge on any atom is 0.216 e. The lowest BCUT2D eigenvalue weighted by atomic mass is 10.1. The van der Waals surface area contributed by atoms with Crippen LogP contribution in [0.1, 0.15) is 39.0 Å². The number of amides is 2. The van der Waals surface area contributed by atoms with Crippen LogP contribution in [0.2, 0.25) is 0 Å². The van der Waals surface area contributed by atoms with E-state index in [1.54, 1.807) is 0 Å². The number of nitrogens with one attached hydrogen (secondary N) is 2. The molecular weight excluding hydrogens is 180 g/mol. The number of rotatable bonds is 9. The van der Waals surface area contributed by atoms with Gasteiger partial charge in [-0.2, -0.15) is 0 Å². The minimum Gasteiger partial charge on any atom is -0.359 e. The lowest BCUT2D eigenvalue weighted by molar-refractivity contribution is -0.119. The number of unbranched alkanes of at least 4 members (excludes halogenated alkanes) is 4. The minimum absolute atomic E-state index is 0.0418. The topological polar surface area (TPSA) is 58.2 Å². The van der Waals surface area contributed by atoms with E-state index in [-0.39, 0.29) is 5.91 Å². The molecule has 0 bridgehead atoms. The second-order valence-corrected chi connectivity index (χ2v) is 3.32. The summed E-state index contributed by atoms with van der Waals surface area (Å²) in [7, 11) is 0. The average molecular weight is 200 g/mol. The molecule has 2 N–H and O–H groups in total. The second-order valence-electron chi connectivity index (χ2n) is 3.32. The summed E-state index contributed by atoms with van der Waals surface area (Å²) in [5.74, 6) is 0.0418. The van der Waals surface area contributed by atoms with Crippen molar-refractivity contribution in [1.82, 2.24) is 10.6 Å². The van der Waals surface area contributed by atoms with Gasteiger partial charge in [0.05, 0.1) is 0 Å². The summed E-state index contributed by atoms with van der Waals surface area (Å²) >= 11 is 0. The summed E-state index contributed by atoms with van der Waals surface area (Å²) in [6, 6.07) is 0. The van der Waals surface area contributed by atoms with E-state index in [0.717, 1.165) is 45.2 Å². The van der Waals surface area contributed by atoms with E-state index in [4.69, 9.17) is 0 Å². The molecule has 4 heteroatoms. The molecule has 4 nitrogen and oxygen atoms in total. The lowest BCUT2D eigenvalue weighted by Crippen LogP contribution is -2.20. The van der Waals surface area contributed by atoms with Crippen LogP contribution in [0.5, 0.6) is 0 Å². The fraction of sp³-hybridized carbons (Fsp3) is 0.800. The molecule has 0 aromatic carbocycles. The Bertz CT molecular complexity index is 160. The highest BCUT2D eigenvalue weighted by Gasteiger charge is 1.92. The van der Waals surface area contributed by atoms with Gasteiger partial charge in [0, 0.05) is 20.0 Å². The van der Waals surface area contributed by atoms with Gasteiger partial charge in [-0.3, -0.25) is 9.59 Å². The van der Waals surface area contributed by atoms with E-state index in [2.05, 4.69) is 10.6 Å². The number of hydrogen-bond acceptors (Lipinski definition) is 2. The van der Waals surface area contributed by atoms with Crippen molar-refractivity contribution in [2.75, 3.05) is 13.1 Å². The van der Waals surface area contributed by atoms with Crippen molar-refractivity contribution in [3.8, 4) is 0 Å². The van der Waals surface area contributed by atoms with E-state index in [1.165, 1.54) is 13.3 Å². The molecule has 82 valence electrons. The molecule has 0 aliphatic heterocycles. The fourth-order valence-electron chi connectivity index (χ4n) is 1.21.